The molecule has 1 heteroatoms. The standard InChI is InChI=1S/C11H18Si/c1-3-9-12(10-4-2)11-7-5-6-8-11/h5-8H,3-4,9-10H2,1-2H3. The van der Waals surface area contributed by atoms with E-state index in [1.54, 1.807) is 5.17 Å². The Labute approximate surface area is 77.2 Å². The second kappa shape index (κ2) is 5.25. The highest BCUT2D eigenvalue weighted by Crippen LogP contribution is 2.05. The molecule has 0 spiro atoms. The normalized spacial score (nSPS) is 14.3. The number of allylic oxidation sites excluding steroid dienone is 4. The topological polar surface area (TPSA) is 0 Å². The van der Waals surface area contributed by atoms with Crippen molar-refractivity contribution in [3.8, 4) is 0 Å². The zero-order valence-electron chi connectivity index (χ0n) is 8.14. The van der Waals surface area contributed by atoms with Crippen molar-refractivity contribution >= 4 is 13.6 Å². The van der Waals surface area contributed by atoms with Crippen molar-refractivity contribution < 1.29 is 0 Å². The van der Waals surface area contributed by atoms with Gasteiger partial charge >= 0.3 is 0 Å². The fourth-order valence-corrected chi connectivity index (χ4v) is 4.33. The molecule has 0 saturated heterocycles. The summed E-state index contributed by atoms with van der Waals surface area (Å²) >= 11 is 0. The van der Waals surface area contributed by atoms with Crippen LogP contribution in [0, 0.1) is 0 Å². The van der Waals surface area contributed by atoms with Gasteiger partial charge in [-0.2, -0.15) is 0 Å². The minimum atomic E-state index is -0.181. The Balaban J connectivity index is 2.68. The highest BCUT2D eigenvalue weighted by molar-refractivity contribution is 6.75. The van der Waals surface area contributed by atoms with E-state index in [9.17, 15) is 0 Å². The van der Waals surface area contributed by atoms with Crippen molar-refractivity contribution in [2.24, 2.45) is 0 Å². The first-order valence-corrected chi connectivity index (χ1v) is 6.86. The zero-order chi connectivity index (χ0) is 8.81. The van der Waals surface area contributed by atoms with Crippen LogP contribution >= 0.6 is 0 Å². The number of rotatable bonds is 4. The van der Waals surface area contributed by atoms with Crippen molar-refractivity contribution in [3.63, 3.8) is 0 Å². The highest BCUT2D eigenvalue weighted by Gasteiger charge is 2.02. The molecule has 0 fully saturated rings. The van der Waals surface area contributed by atoms with Crippen LogP contribution < -0.4 is 0 Å². The van der Waals surface area contributed by atoms with E-state index in [0.29, 0.717) is 0 Å². The number of hydrogen-bond donors (Lipinski definition) is 0. The van der Waals surface area contributed by atoms with E-state index in [0.717, 1.165) is 0 Å². The molecule has 0 N–H and O–H groups in total. The van der Waals surface area contributed by atoms with Gasteiger partial charge in [0.25, 0.3) is 0 Å². The van der Waals surface area contributed by atoms with E-state index in [4.69, 9.17) is 0 Å². The maximum Gasteiger partial charge on any atom is 0.0193 e. The SMILES string of the molecule is CCC[Si](CCC)=C1C=CC=C1. The van der Waals surface area contributed by atoms with E-state index in [2.05, 4.69) is 38.2 Å². The highest BCUT2D eigenvalue weighted by atomic mass is 28.2. The molecule has 12 heavy (non-hydrogen) atoms. The van der Waals surface area contributed by atoms with Crippen molar-refractivity contribution in [2.45, 2.75) is 38.8 Å². The van der Waals surface area contributed by atoms with Gasteiger partial charge in [0.05, 0.1) is 0 Å². The van der Waals surface area contributed by atoms with Gasteiger partial charge in [-0.05, 0) is 17.3 Å². The van der Waals surface area contributed by atoms with Crippen LogP contribution in [0.3, 0.4) is 0 Å². The van der Waals surface area contributed by atoms with Crippen LogP contribution in [-0.4, -0.2) is 13.6 Å². The predicted molar refractivity (Wildman–Crippen MR) is 59.2 cm³/mol. The molecular weight excluding hydrogens is 160 g/mol. The van der Waals surface area contributed by atoms with E-state index >= 15 is 0 Å². The fraction of sp³-hybridized carbons (Fsp3) is 0.545. The zero-order valence-corrected chi connectivity index (χ0v) is 9.14. The van der Waals surface area contributed by atoms with Gasteiger partial charge in [0.1, 0.15) is 0 Å². The van der Waals surface area contributed by atoms with Gasteiger partial charge in [0, 0.05) is 8.41 Å². The summed E-state index contributed by atoms with van der Waals surface area (Å²) in [6, 6.07) is 2.89. The third-order valence-electron chi connectivity index (χ3n) is 2.17. The molecule has 1 aliphatic rings. The lowest BCUT2D eigenvalue weighted by molar-refractivity contribution is 1.02. The largest absolute Gasteiger partial charge is 0.0654 e. The second-order valence-electron chi connectivity index (χ2n) is 3.28. The van der Waals surface area contributed by atoms with Crippen LogP contribution in [0.2, 0.25) is 12.1 Å². The molecule has 0 aliphatic heterocycles. The van der Waals surface area contributed by atoms with E-state index < -0.39 is 0 Å². The minimum absolute atomic E-state index is 0.181. The Morgan fingerprint density at radius 2 is 1.50 bits per heavy atom. The number of hydrogen-bond acceptors (Lipinski definition) is 0. The lowest BCUT2D eigenvalue weighted by Crippen LogP contribution is -2.10. The third-order valence-corrected chi connectivity index (χ3v) is 5.53. The summed E-state index contributed by atoms with van der Waals surface area (Å²) < 4.78 is 0. The monoisotopic (exact) mass is 178 g/mol. The molecule has 1 rings (SSSR count). The summed E-state index contributed by atoms with van der Waals surface area (Å²) in [6.45, 7) is 4.59. The molecule has 0 heterocycles. The lowest BCUT2D eigenvalue weighted by atomic mass is 10.5. The smallest absolute Gasteiger partial charge is 0.0193 e. The van der Waals surface area contributed by atoms with Crippen molar-refractivity contribution in [1.29, 1.82) is 0 Å². The minimum Gasteiger partial charge on any atom is -0.0654 e. The molecule has 0 atom stereocenters. The van der Waals surface area contributed by atoms with E-state index in [1.165, 1.54) is 24.9 Å². The van der Waals surface area contributed by atoms with Crippen LogP contribution in [0.5, 0.6) is 0 Å². The summed E-state index contributed by atoms with van der Waals surface area (Å²) in [4.78, 5) is 0. The summed E-state index contributed by atoms with van der Waals surface area (Å²) in [7, 11) is -0.181. The van der Waals surface area contributed by atoms with Gasteiger partial charge in [-0.25, -0.2) is 0 Å². The van der Waals surface area contributed by atoms with Gasteiger partial charge < -0.3 is 0 Å². The summed E-state index contributed by atoms with van der Waals surface area (Å²) in [6.07, 6.45) is 11.6. The van der Waals surface area contributed by atoms with Crippen LogP contribution in [0.1, 0.15) is 26.7 Å². The molecule has 0 bridgehead atoms. The molecular formula is C11H18Si. The van der Waals surface area contributed by atoms with Gasteiger partial charge in [-0.15, -0.1) is 0 Å². The van der Waals surface area contributed by atoms with Crippen LogP contribution in [0.15, 0.2) is 24.3 Å². The van der Waals surface area contributed by atoms with Crippen molar-refractivity contribution in [3.05, 3.63) is 24.3 Å². The van der Waals surface area contributed by atoms with Crippen LogP contribution in [0.4, 0.5) is 0 Å². The average Bonchev–Trinajstić information content (AvgIpc) is 2.56. The lowest BCUT2D eigenvalue weighted by Gasteiger charge is -2.04. The van der Waals surface area contributed by atoms with Crippen LogP contribution in [-0.2, 0) is 0 Å². The first kappa shape index (κ1) is 9.65. The summed E-state index contributed by atoms with van der Waals surface area (Å²) in [5.41, 5.74) is 0. The van der Waals surface area contributed by atoms with Gasteiger partial charge in [-0.3, -0.25) is 0 Å². The van der Waals surface area contributed by atoms with Gasteiger partial charge in [0.2, 0.25) is 0 Å². The molecule has 0 saturated carbocycles. The van der Waals surface area contributed by atoms with Crippen molar-refractivity contribution in [2.75, 3.05) is 0 Å². The molecule has 1 aliphatic carbocycles. The average molecular weight is 178 g/mol. The van der Waals surface area contributed by atoms with Crippen molar-refractivity contribution in [1.82, 2.24) is 0 Å². The Bertz CT molecular complexity index is 199. The molecule has 0 aromatic carbocycles. The Morgan fingerprint density at radius 1 is 1.00 bits per heavy atom. The Kier molecular flexibility index (Phi) is 4.23. The third kappa shape index (κ3) is 2.56. The first-order chi connectivity index (χ1) is 5.88. The van der Waals surface area contributed by atoms with Gasteiger partial charge in [-0.1, -0.05) is 51.0 Å². The van der Waals surface area contributed by atoms with E-state index in [1.807, 2.05) is 0 Å². The Morgan fingerprint density at radius 3 is 1.92 bits per heavy atom. The molecule has 66 valence electrons. The molecule has 0 aromatic heterocycles. The quantitative estimate of drug-likeness (QED) is 0.580. The Hall–Kier alpha value is -0.433. The predicted octanol–water partition coefficient (Wildman–Crippen LogP) is 3.18. The molecule has 0 radical (unpaired) electrons. The summed E-state index contributed by atoms with van der Waals surface area (Å²) in [5.74, 6) is 0. The fourth-order valence-electron chi connectivity index (χ4n) is 1.63. The maximum absolute atomic E-state index is 2.31. The first-order valence-electron chi connectivity index (χ1n) is 4.95. The summed E-state index contributed by atoms with van der Waals surface area (Å²) in [5, 5.41) is 1.64. The molecule has 0 aromatic rings. The molecule has 0 nitrogen and oxygen atoms in total. The van der Waals surface area contributed by atoms with Gasteiger partial charge in [0.15, 0.2) is 0 Å². The molecule has 0 unspecified atom stereocenters. The van der Waals surface area contributed by atoms with Crippen LogP contribution in [0.25, 0.3) is 0 Å². The maximum atomic E-state index is 2.31. The second-order valence-corrected chi connectivity index (χ2v) is 6.06. The molecule has 0 amide bonds. The van der Waals surface area contributed by atoms with E-state index in [-0.39, 0.29) is 8.41 Å².